The lowest BCUT2D eigenvalue weighted by Crippen LogP contribution is -2.32. The van der Waals surface area contributed by atoms with Crippen LogP contribution in [0.4, 0.5) is 10.1 Å². The largest absolute Gasteiger partial charge is 0.507 e. The molecule has 164 valence electrons. The summed E-state index contributed by atoms with van der Waals surface area (Å²) in [4.78, 5) is 31.3. The summed E-state index contributed by atoms with van der Waals surface area (Å²) in [5.74, 6) is -2.11. The molecule has 31 heavy (non-hydrogen) atoms. The number of carbonyl (C=O) groups is 2. The second-order valence-corrected chi connectivity index (χ2v) is 8.14. The average molecular weight is 426 g/mol. The number of halogens is 1. The Morgan fingerprint density at radius 3 is 2.16 bits per heavy atom. The lowest BCUT2D eigenvalue weighted by Gasteiger charge is -2.26. The number of likely N-dealkylation sites (tertiary alicyclic amines) is 1. The number of anilines is 1. The highest BCUT2D eigenvalue weighted by Crippen LogP contribution is 2.39. The smallest absolute Gasteiger partial charge is 0.295 e. The summed E-state index contributed by atoms with van der Waals surface area (Å²) in [5.41, 5.74) is 2.03. The Hall–Kier alpha value is -3.19. The van der Waals surface area contributed by atoms with Gasteiger partial charge in [-0.1, -0.05) is 12.1 Å². The summed E-state index contributed by atoms with van der Waals surface area (Å²) >= 11 is 0. The van der Waals surface area contributed by atoms with Gasteiger partial charge in [-0.2, -0.15) is 0 Å². The van der Waals surface area contributed by atoms with E-state index in [1.54, 1.807) is 0 Å². The van der Waals surface area contributed by atoms with Crippen molar-refractivity contribution in [2.75, 3.05) is 46.2 Å². The van der Waals surface area contributed by atoms with E-state index in [0.29, 0.717) is 18.5 Å². The van der Waals surface area contributed by atoms with Gasteiger partial charge in [0.25, 0.3) is 11.7 Å². The number of carbonyl (C=O) groups excluding carboxylic acids is 2. The molecule has 0 radical (unpaired) electrons. The fraction of sp³-hybridized carbons (Fsp3) is 0.333. The van der Waals surface area contributed by atoms with Crippen LogP contribution in [0.25, 0.3) is 5.76 Å². The summed E-state index contributed by atoms with van der Waals surface area (Å²) < 4.78 is 13.3. The van der Waals surface area contributed by atoms with Gasteiger partial charge in [0, 0.05) is 31.9 Å². The second-order valence-electron chi connectivity index (χ2n) is 8.14. The molecule has 1 N–H and O–H groups in total. The minimum Gasteiger partial charge on any atom is -0.507 e. The van der Waals surface area contributed by atoms with Gasteiger partial charge in [-0.15, -0.1) is 0 Å². The predicted octanol–water partition coefficient (Wildman–Crippen LogP) is 3.27. The van der Waals surface area contributed by atoms with Crippen LogP contribution in [-0.2, 0) is 9.59 Å². The molecular formula is C24H28FN3O3. The van der Waals surface area contributed by atoms with Crippen LogP contribution < -0.4 is 4.90 Å². The molecule has 3 rings (SSSR count). The molecule has 0 aliphatic carbocycles. The second kappa shape index (κ2) is 9.31. The summed E-state index contributed by atoms with van der Waals surface area (Å²) in [6.45, 7) is 1.14. The Balaban J connectivity index is 2.08. The van der Waals surface area contributed by atoms with Gasteiger partial charge in [0.1, 0.15) is 11.6 Å². The number of Topliss-reactive ketones (excluding diaryl/α,β-unsaturated/α-hetero) is 1. The minimum absolute atomic E-state index is 0.0269. The molecule has 1 saturated heterocycles. The van der Waals surface area contributed by atoms with E-state index < -0.39 is 23.5 Å². The highest BCUT2D eigenvalue weighted by molar-refractivity contribution is 6.46. The molecule has 1 amide bonds. The van der Waals surface area contributed by atoms with Crippen molar-refractivity contribution >= 4 is 23.1 Å². The number of benzene rings is 2. The molecule has 1 atom stereocenters. The van der Waals surface area contributed by atoms with E-state index in [1.165, 1.54) is 29.2 Å². The van der Waals surface area contributed by atoms with Gasteiger partial charge in [0.05, 0.1) is 11.6 Å². The first kappa shape index (κ1) is 22.5. The Bertz CT molecular complexity index is 982. The van der Waals surface area contributed by atoms with E-state index in [9.17, 15) is 19.1 Å². The predicted molar refractivity (Wildman–Crippen MR) is 119 cm³/mol. The Morgan fingerprint density at radius 2 is 1.61 bits per heavy atom. The standard InChI is InChI=1S/C24H28FN3O3/c1-26(2)14-5-15-28-21(16-8-12-19(13-9-16)27(3)4)20(23(30)24(28)31)22(29)17-6-10-18(25)11-7-17/h6-13,21,29H,5,14-15H2,1-4H3/b22-20-. The first-order valence-corrected chi connectivity index (χ1v) is 10.2. The number of aliphatic hydroxyl groups excluding tert-OH is 1. The number of hydrogen-bond donors (Lipinski definition) is 1. The Morgan fingerprint density at radius 1 is 1.00 bits per heavy atom. The molecule has 7 heteroatoms. The molecule has 0 spiro atoms. The van der Waals surface area contributed by atoms with Gasteiger partial charge in [0.15, 0.2) is 0 Å². The Labute approximate surface area is 182 Å². The molecule has 6 nitrogen and oxygen atoms in total. The van der Waals surface area contributed by atoms with E-state index in [4.69, 9.17) is 0 Å². The van der Waals surface area contributed by atoms with Crippen LogP contribution in [0.2, 0.25) is 0 Å². The van der Waals surface area contributed by atoms with Gasteiger partial charge in [-0.3, -0.25) is 9.59 Å². The minimum atomic E-state index is -0.728. The first-order valence-electron chi connectivity index (χ1n) is 10.2. The van der Waals surface area contributed by atoms with Gasteiger partial charge >= 0.3 is 0 Å². The molecule has 1 unspecified atom stereocenters. The number of hydrogen-bond acceptors (Lipinski definition) is 5. The quantitative estimate of drug-likeness (QED) is 0.419. The molecule has 1 fully saturated rings. The zero-order chi connectivity index (χ0) is 22.7. The zero-order valence-electron chi connectivity index (χ0n) is 18.3. The fourth-order valence-corrected chi connectivity index (χ4v) is 3.73. The van der Waals surface area contributed by atoms with Crippen molar-refractivity contribution in [1.82, 2.24) is 9.80 Å². The van der Waals surface area contributed by atoms with Crippen LogP contribution in [0, 0.1) is 5.82 Å². The van der Waals surface area contributed by atoms with Crippen LogP contribution in [0.5, 0.6) is 0 Å². The SMILES string of the molecule is CN(C)CCCN1C(=O)C(=O)/C(=C(\O)c2ccc(F)cc2)C1c1ccc(N(C)C)cc1. The molecule has 2 aromatic carbocycles. The summed E-state index contributed by atoms with van der Waals surface area (Å²) in [5, 5.41) is 10.9. The third kappa shape index (κ3) is 4.77. The van der Waals surface area contributed by atoms with Crippen molar-refractivity contribution < 1.29 is 19.1 Å². The summed E-state index contributed by atoms with van der Waals surface area (Å²) in [6.07, 6.45) is 0.683. The van der Waals surface area contributed by atoms with Gasteiger partial charge in [-0.25, -0.2) is 4.39 Å². The lowest BCUT2D eigenvalue weighted by molar-refractivity contribution is -0.139. The van der Waals surface area contributed by atoms with Crippen LogP contribution in [0.15, 0.2) is 54.1 Å². The summed E-state index contributed by atoms with van der Waals surface area (Å²) in [7, 11) is 7.74. The van der Waals surface area contributed by atoms with Crippen molar-refractivity contribution in [3.63, 3.8) is 0 Å². The fourth-order valence-electron chi connectivity index (χ4n) is 3.73. The van der Waals surface area contributed by atoms with E-state index in [2.05, 4.69) is 0 Å². The van der Waals surface area contributed by atoms with E-state index in [0.717, 1.165) is 17.8 Å². The number of nitrogens with zero attached hydrogens (tertiary/aromatic N) is 3. The van der Waals surface area contributed by atoms with E-state index >= 15 is 0 Å². The van der Waals surface area contributed by atoms with Crippen molar-refractivity contribution in [3.05, 3.63) is 71.0 Å². The molecule has 0 saturated carbocycles. The average Bonchev–Trinajstić information content (AvgIpc) is 2.98. The van der Waals surface area contributed by atoms with E-state index in [1.807, 2.05) is 62.3 Å². The lowest BCUT2D eigenvalue weighted by atomic mass is 9.95. The normalized spacial score (nSPS) is 18.1. The Kier molecular flexibility index (Phi) is 6.75. The molecule has 0 aromatic heterocycles. The third-order valence-corrected chi connectivity index (χ3v) is 5.39. The highest BCUT2D eigenvalue weighted by Gasteiger charge is 2.45. The van der Waals surface area contributed by atoms with Crippen LogP contribution in [-0.4, -0.2) is 67.9 Å². The number of aliphatic hydroxyl groups is 1. The first-order chi connectivity index (χ1) is 14.7. The number of ketones is 1. The van der Waals surface area contributed by atoms with E-state index in [-0.39, 0.29) is 11.3 Å². The van der Waals surface area contributed by atoms with Crippen molar-refractivity contribution in [2.24, 2.45) is 0 Å². The zero-order valence-corrected chi connectivity index (χ0v) is 18.3. The number of amides is 1. The van der Waals surface area contributed by atoms with Crippen molar-refractivity contribution in [1.29, 1.82) is 0 Å². The maximum absolute atomic E-state index is 13.3. The van der Waals surface area contributed by atoms with Gasteiger partial charge in [-0.05, 0) is 69.0 Å². The topological polar surface area (TPSA) is 64.1 Å². The maximum atomic E-state index is 13.3. The molecule has 2 aromatic rings. The molecule has 1 aliphatic heterocycles. The third-order valence-electron chi connectivity index (χ3n) is 5.39. The van der Waals surface area contributed by atoms with Crippen molar-refractivity contribution in [3.8, 4) is 0 Å². The van der Waals surface area contributed by atoms with Crippen LogP contribution >= 0.6 is 0 Å². The number of rotatable bonds is 7. The monoisotopic (exact) mass is 425 g/mol. The maximum Gasteiger partial charge on any atom is 0.295 e. The highest BCUT2D eigenvalue weighted by atomic mass is 19.1. The summed E-state index contributed by atoms with van der Waals surface area (Å²) in [6, 6.07) is 12.1. The molecule has 1 aliphatic rings. The van der Waals surface area contributed by atoms with Gasteiger partial charge < -0.3 is 19.8 Å². The van der Waals surface area contributed by atoms with Crippen molar-refractivity contribution in [2.45, 2.75) is 12.5 Å². The van der Waals surface area contributed by atoms with Crippen LogP contribution in [0.3, 0.4) is 0 Å². The van der Waals surface area contributed by atoms with Gasteiger partial charge in [0.2, 0.25) is 0 Å². The van der Waals surface area contributed by atoms with Crippen LogP contribution in [0.1, 0.15) is 23.6 Å². The molecular weight excluding hydrogens is 397 g/mol. The molecule has 0 bridgehead atoms. The molecule has 1 heterocycles.